The van der Waals surface area contributed by atoms with Crippen LogP contribution in [0, 0.1) is 5.92 Å². The van der Waals surface area contributed by atoms with Crippen molar-refractivity contribution in [3.05, 3.63) is 0 Å². The Morgan fingerprint density at radius 1 is 1.69 bits per heavy atom. The highest BCUT2D eigenvalue weighted by Gasteiger charge is 2.30. The maximum absolute atomic E-state index is 11.4. The molecule has 74 valence electrons. The normalized spacial score (nSPS) is 24.8. The van der Waals surface area contributed by atoms with E-state index in [1.165, 1.54) is 7.11 Å². The largest absolute Gasteiger partial charge is 0.465 e. The molecule has 1 atom stereocenters. The molecule has 0 aromatic rings. The van der Waals surface area contributed by atoms with Gasteiger partial charge in [-0.05, 0) is 26.2 Å². The van der Waals surface area contributed by atoms with Crippen LogP contribution in [0.5, 0.6) is 0 Å². The third-order valence-electron chi connectivity index (χ3n) is 2.11. The Morgan fingerprint density at radius 2 is 2.46 bits per heavy atom. The number of carbonyl (C=O) groups is 1. The molecule has 0 amide bonds. The molecule has 0 aromatic carbocycles. The summed E-state index contributed by atoms with van der Waals surface area (Å²) in [7, 11) is 1.49. The lowest BCUT2D eigenvalue weighted by atomic mass is 10.1. The lowest BCUT2D eigenvalue weighted by Gasteiger charge is -2.08. The fourth-order valence-corrected chi connectivity index (χ4v) is 1.55. The average Bonchev–Trinajstić information content (AvgIpc) is 2.54. The number of nitrogens with zero attached hydrogens (tertiary/aromatic N) is 1. The summed E-state index contributed by atoms with van der Waals surface area (Å²) in [5, 5.41) is 3.82. The summed E-state index contributed by atoms with van der Waals surface area (Å²) in [4.78, 5) is 16.0. The van der Waals surface area contributed by atoms with Crippen LogP contribution >= 0.6 is 0 Å². The average molecular weight is 185 g/mol. The van der Waals surface area contributed by atoms with Crippen LogP contribution in [0.25, 0.3) is 0 Å². The van der Waals surface area contributed by atoms with E-state index in [0.29, 0.717) is 6.61 Å². The lowest BCUT2D eigenvalue weighted by molar-refractivity contribution is -0.145. The molecule has 1 fully saturated rings. The van der Waals surface area contributed by atoms with Gasteiger partial charge in [0.25, 0.3) is 0 Å². The molecule has 0 spiro atoms. The first kappa shape index (κ1) is 10.0. The van der Waals surface area contributed by atoms with E-state index in [1.807, 2.05) is 0 Å². The van der Waals surface area contributed by atoms with Gasteiger partial charge in [-0.3, -0.25) is 4.79 Å². The molecule has 1 rings (SSSR count). The van der Waals surface area contributed by atoms with E-state index in [2.05, 4.69) is 9.99 Å². The van der Waals surface area contributed by atoms with Crippen molar-refractivity contribution in [3.8, 4) is 0 Å². The number of carbonyl (C=O) groups excluding carboxylic acids is 1. The van der Waals surface area contributed by atoms with E-state index in [-0.39, 0.29) is 11.9 Å². The fraction of sp³-hybridized carbons (Fsp3) is 0.778. The van der Waals surface area contributed by atoms with E-state index in [4.69, 9.17) is 4.74 Å². The number of hydrogen-bond acceptors (Lipinski definition) is 4. The number of esters is 1. The van der Waals surface area contributed by atoms with Crippen molar-refractivity contribution in [2.24, 2.45) is 11.1 Å². The standard InChI is InChI=1S/C9H15NO3/c1-3-13-9(11)7-5-4-6-8(7)10-12-2/h7H,3-6H2,1-2H3. The van der Waals surface area contributed by atoms with Gasteiger partial charge in [0.1, 0.15) is 7.11 Å². The van der Waals surface area contributed by atoms with Crippen LogP contribution in [0.3, 0.4) is 0 Å². The molecule has 0 saturated heterocycles. The third kappa shape index (κ3) is 2.44. The molecule has 0 aromatic heterocycles. The third-order valence-corrected chi connectivity index (χ3v) is 2.11. The predicted octanol–water partition coefficient (Wildman–Crippen LogP) is 1.35. The Labute approximate surface area is 77.9 Å². The zero-order valence-corrected chi connectivity index (χ0v) is 8.08. The first-order valence-corrected chi connectivity index (χ1v) is 4.56. The van der Waals surface area contributed by atoms with E-state index in [9.17, 15) is 4.79 Å². The minimum absolute atomic E-state index is 0.167. The minimum Gasteiger partial charge on any atom is -0.465 e. The van der Waals surface area contributed by atoms with Crippen molar-refractivity contribution in [2.45, 2.75) is 26.2 Å². The van der Waals surface area contributed by atoms with Crippen LogP contribution in [0.4, 0.5) is 0 Å². The van der Waals surface area contributed by atoms with Gasteiger partial charge < -0.3 is 9.57 Å². The molecule has 0 heterocycles. The maximum atomic E-state index is 11.4. The summed E-state index contributed by atoms with van der Waals surface area (Å²) in [5.74, 6) is -0.337. The Balaban J connectivity index is 2.57. The maximum Gasteiger partial charge on any atom is 0.314 e. The fourth-order valence-electron chi connectivity index (χ4n) is 1.55. The van der Waals surface area contributed by atoms with Crippen molar-refractivity contribution in [3.63, 3.8) is 0 Å². The van der Waals surface area contributed by atoms with Crippen LogP contribution < -0.4 is 0 Å². The van der Waals surface area contributed by atoms with E-state index < -0.39 is 0 Å². The van der Waals surface area contributed by atoms with Gasteiger partial charge in [-0.25, -0.2) is 0 Å². The highest BCUT2D eigenvalue weighted by Crippen LogP contribution is 2.24. The second-order valence-corrected chi connectivity index (χ2v) is 2.96. The molecular weight excluding hydrogens is 170 g/mol. The molecular formula is C9H15NO3. The van der Waals surface area contributed by atoms with Crippen molar-refractivity contribution >= 4 is 11.7 Å². The van der Waals surface area contributed by atoms with Crippen LogP contribution in [0.15, 0.2) is 5.16 Å². The molecule has 1 unspecified atom stereocenters. The quantitative estimate of drug-likeness (QED) is 0.492. The Hall–Kier alpha value is -1.06. The van der Waals surface area contributed by atoms with Crippen LogP contribution in [-0.2, 0) is 14.4 Å². The molecule has 1 saturated carbocycles. The predicted molar refractivity (Wildman–Crippen MR) is 48.4 cm³/mol. The topological polar surface area (TPSA) is 47.9 Å². The summed E-state index contributed by atoms with van der Waals surface area (Å²) in [6.07, 6.45) is 2.67. The highest BCUT2D eigenvalue weighted by atomic mass is 16.6. The van der Waals surface area contributed by atoms with Gasteiger partial charge >= 0.3 is 5.97 Å². The summed E-state index contributed by atoms with van der Waals surface area (Å²) in [6, 6.07) is 0. The number of rotatable bonds is 3. The van der Waals surface area contributed by atoms with Crippen molar-refractivity contribution in [1.29, 1.82) is 0 Å². The van der Waals surface area contributed by atoms with Crippen molar-refractivity contribution in [2.75, 3.05) is 13.7 Å². The van der Waals surface area contributed by atoms with Gasteiger partial charge in [-0.2, -0.15) is 0 Å². The second kappa shape index (κ2) is 4.84. The number of hydrogen-bond donors (Lipinski definition) is 0. The Bertz CT molecular complexity index is 213. The lowest BCUT2D eigenvalue weighted by Crippen LogP contribution is -2.21. The van der Waals surface area contributed by atoms with Crippen LogP contribution in [-0.4, -0.2) is 25.4 Å². The van der Waals surface area contributed by atoms with Gasteiger partial charge in [0.15, 0.2) is 0 Å². The number of oxime groups is 1. The summed E-state index contributed by atoms with van der Waals surface area (Å²) < 4.78 is 4.93. The molecule has 0 bridgehead atoms. The first-order valence-electron chi connectivity index (χ1n) is 4.56. The smallest absolute Gasteiger partial charge is 0.314 e. The van der Waals surface area contributed by atoms with Gasteiger partial charge in [-0.15, -0.1) is 0 Å². The SMILES string of the molecule is CCOC(=O)C1CCCC1=NOC. The molecule has 4 heteroatoms. The molecule has 0 radical (unpaired) electrons. The van der Waals surface area contributed by atoms with Crippen LogP contribution in [0.1, 0.15) is 26.2 Å². The van der Waals surface area contributed by atoms with E-state index in [1.54, 1.807) is 6.92 Å². The molecule has 0 N–H and O–H groups in total. The highest BCUT2D eigenvalue weighted by molar-refractivity contribution is 6.03. The Kier molecular flexibility index (Phi) is 3.73. The molecule has 0 aliphatic heterocycles. The van der Waals surface area contributed by atoms with Gasteiger partial charge in [0, 0.05) is 0 Å². The number of ether oxygens (including phenoxy) is 1. The zero-order chi connectivity index (χ0) is 9.68. The minimum atomic E-state index is -0.171. The van der Waals surface area contributed by atoms with E-state index >= 15 is 0 Å². The van der Waals surface area contributed by atoms with E-state index in [0.717, 1.165) is 25.0 Å². The monoisotopic (exact) mass is 185 g/mol. The van der Waals surface area contributed by atoms with Crippen LogP contribution in [0.2, 0.25) is 0 Å². The molecule has 1 aliphatic carbocycles. The summed E-state index contributed by atoms with van der Waals surface area (Å²) >= 11 is 0. The summed E-state index contributed by atoms with van der Waals surface area (Å²) in [6.45, 7) is 2.23. The second-order valence-electron chi connectivity index (χ2n) is 2.96. The zero-order valence-electron chi connectivity index (χ0n) is 8.08. The molecule has 1 aliphatic rings. The van der Waals surface area contributed by atoms with Crippen molar-refractivity contribution < 1.29 is 14.4 Å². The molecule has 13 heavy (non-hydrogen) atoms. The van der Waals surface area contributed by atoms with Crippen molar-refractivity contribution in [1.82, 2.24) is 0 Å². The van der Waals surface area contributed by atoms with Gasteiger partial charge in [0.2, 0.25) is 0 Å². The summed E-state index contributed by atoms with van der Waals surface area (Å²) in [5.41, 5.74) is 0.820. The van der Waals surface area contributed by atoms with Gasteiger partial charge in [-0.1, -0.05) is 5.16 Å². The molecule has 4 nitrogen and oxygen atoms in total. The van der Waals surface area contributed by atoms with Gasteiger partial charge in [0.05, 0.1) is 18.2 Å². The first-order chi connectivity index (χ1) is 6.29. The Morgan fingerprint density at radius 3 is 3.08 bits per heavy atom.